The van der Waals surface area contributed by atoms with Crippen LogP contribution in [0.15, 0.2) is 42.5 Å². The van der Waals surface area contributed by atoms with E-state index in [1.54, 1.807) is 12.1 Å². The SMILES string of the molecule is CCc1nc2cc(NS(C)(=O)=O)ccc2n1-c1ccc(CCN)cc1. The fourth-order valence-corrected chi connectivity index (χ4v) is 3.47. The van der Waals surface area contributed by atoms with Crippen LogP contribution < -0.4 is 10.5 Å². The van der Waals surface area contributed by atoms with E-state index in [1.165, 1.54) is 5.56 Å². The van der Waals surface area contributed by atoms with Crippen LogP contribution in [0.5, 0.6) is 0 Å². The van der Waals surface area contributed by atoms with Gasteiger partial charge in [0.15, 0.2) is 0 Å². The first-order chi connectivity index (χ1) is 11.9. The number of hydrogen-bond acceptors (Lipinski definition) is 4. The van der Waals surface area contributed by atoms with Crippen LogP contribution in [0.1, 0.15) is 18.3 Å². The minimum absolute atomic E-state index is 0.514. The molecule has 132 valence electrons. The van der Waals surface area contributed by atoms with Crippen LogP contribution >= 0.6 is 0 Å². The van der Waals surface area contributed by atoms with Gasteiger partial charge in [0.1, 0.15) is 5.82 Å². The molecule has 0 radical (unpaired) electrons. The second kappa shape index (κ2) is 6.85. The van der Waals surface area contributed by atoms with Gasteiger partial charge in [0.25, 0.3) is 0 Å². The topological polar surface area (TPSA) is 90.0 Å². The quantitative estimate of drug-likeness (QED) is 0.708. The maximum Gasteiger partial charge on any atom is 0.229 e. The Morgan fingerprint density at radius 1 is 1.16 bits per heavy atom. The number of anilines is 1. The lowest BCUT2D eigenvalue weighted by Crippen LogP contribution is -2.09. The molecule has 0 aliphatic rings. The number of imidazole rings is 1. The lowest BCUT2D eigenvalue weighted by molar-refractivity contribution is 0.607. The number of fused-ring (bicyclic) bond motifs is 1. The fraction of sp³-hybridized carbons (Fsp3) is 0.278. The van der Waals surface area contributed by atoms with E-state index in [2.05, 4.69) is 45.5 Å². The molecule has 0 amide bonds. The van der Waals surface area contributed by atoms with Gasteiger partial charge in [0.05, 0.1) is 23.0 Å². The number of nitrogens with two attached hydrogens (primary N) is 1. The molecule has 3 aromatic rings. The molecule has 0 saturated heterocycles. The number of nitrogens with one attached hydrogen (secondary N) is 1. The maximum atomic E-state index is 11.4. The monoisotopic (exact) mass is 358 g/mol. The van der Waals surface area contributed by atoms with E-state index >= 15 is 0 Å². The van der Waals surface area contributed by atoms with Crippen molar-refractivity contribution in [1.29, 1.82) is 0 Å². The zero-order valence-electron chi connectivity index (χ0n) is 14.4. The van der Waals surface area contributed by atoms with E-state index in [1.807, 2.05) is 6.07 Å². The van der Waals surface area contributed by atoms with Gasteiger partial charge in [-0.1, -0.05) is 19.1 Å². The van der Waals surface area contributed by atoms with E-state index in [0.717, 1.165) is 41.6 Å². The van der Waals surface area contributed by atoms with Crippen molar-refractivity contribution in [1.82, 2.24) is 9.55 Å². The van der Waals surface area contributed by atoms with Crippen molar-refractivity contribution in [2.75, 3.05) is 17.5 Å². The molecule has 3 rings (SSSR count). The van der Waals surface area contributed by atoms with Crippen LogP contribution in [0.3, 0.4) is 0 Å². The van der Waals surface area contributed by atoms with Crippen LogP contribution in [-0.4, -0.2) is 30.8 Å². The fourth-order valence-electron chi connectivity index (χ4n) is 2.91. The highest BCUT2D eigenvalue weighted by Gasteiger charge is 2.12. The number of rotatable bonds is 6. The number of aromatic nitrogens is 2. The summed E-state index contributed by atoms with van der Waals surface area (Å²) in [4.78, 5) is 4.67. The number of hydrogen-bond donors (Lipinski definition) is 2. The minimum Gasteiger partial charge on any atom is -0.330 e. The van der Waals surface area contributed by atoms with Crippen LogP contribution in [0.25, 0.3) is 16.7 Å². The molecule has 2 aromatic carbocycles. The average molecular weight is 358 g/mol. The van der Waals surface area contributed by atoms with Crippen molar-refractivity contribution < 1.29 is 8.42 Å². The Labute approximate surface area is 147 Å². The predicted octanol–water partition coefficient (Wildman–Crippen LogP) is 2.46. The van der Waals surface area contributed by atoms with E-state index in [-0.39, 0.29) is 0 Å². The van der Waals surface area contributed by atoms with Gasteiger partial charge >= 0.3 is 0 Å². The summed E-state index contributed by atoms with van der Waals surface area (Å²) in [6, 6.07) is 13.7. The normalized spacial score (nSPS) is 11.8. The van der Waals surface area contributed by atoms with Crippen molar-refractivity contribution in [3.05, 3.63) is 53.9 Å². The van der Waals surface area contributed by atoms with Gasteiger partial charge in [-0.2, -0.15) is 0 Å². The van der Waals surface area contributed by atoms with Crippen LogP contribution in [0.4, 0.5) is 5.69 Å². The molecule has 6 nitrogen and oxygen atoms in total. The Hall–Kier alpha value is -2.38. The standard InChI is InChI=1S/C18H22N4O2S/c1-3-18-20-16-12-14(21-25(2,23)24)6-9-17(16)22(18)15-7-4-13(5-8-15)10-11-19/h4-9,12,21H,3,10-11,19H2,1-2H3. The van der Waals surface area contributed by atoms with Crippen molar-refractivity contribution >= 4 is 26.7 Å². The molecule has 0 aliphatic heterocycles. The van der Waals surface area contributed by atoms with Gasteiger partial charge in [-0.15, -0.1) is 0 Å². The Morgan fingerprint density at radius 2 is 1.88 bits per heavy atom. The molecule has 0 bridgehead atoms. The third kappa shape index (κ3) is 3.83. The number of aryl methyl sites for hydroxylation is 1. The van der Waals surface area contributed by atoms with Crippen molar-refractivity contribution in [3.8, 4) is 5.69 Å². The van der Waals surface area contributed by atoms with E-state index in [0.29, 0.717) is 12.2 Å². The van der Waals surface area contributed by atoms with Crippen LogP contribution in [0.2, 0.25) is 0 Å². The summed E-state index contributed by atoms with van der Waals surface area (Å²) in [7, 11) is -3.31. The highest BCUT2D eigenvalue weighted by atomic mass is 32.2. The van der Waals surface area contributed by atoms with Crippen LogP contribution in [0, 0.1) is 0 Å². The largest absolute Gasteiger partial charge is 0.330 e. The molecule has 0 atom stereocenters. The van der Waals surface area contributed by atoms with Gasteiger partial charge in [-0.25, -0.2) is 13.4 Å². The summed E-state index contributed by atoms with van der Waals surface area (Å²) in [5.41, 5.74) is 10.1. The van der Waals surface area contributed by atoms with Gasteiger partial charge in [-0.3, -0.25) is 9.29 Å². The minimum atomic E-state index is -3.31. The van der Waals surface area contributed by atoms with E-state index in [4.69, 9.17) is 5.73 Å². The molecule has 0 unspecified atom stereocenters. The van der Waals surface area contributed by atoms with Crippen molar-refractivity contribution in [3.63, 3.8) is 0 Å². The summed E-state index contributed by atoms with van der Waals surface area (Å²) in [6.07, 6.45) is 2.76. The van der Waals surface area contributed by atoms with E-state index in [9.17, 15) is 8.42 Å². The molecular formula is C18H22N4O2S. The molecule has 25 heavy (non-hydrogen) atoms. The molecule has 0 fully saturated rings. The molecule has 1 heterocycles. The zero-order valence-corrected chi connectivity index (χ0v) is 15.2. The third-order valence-electron chi connectivity index (χ3n) is 3.97. The Morgan fingerprint density at radius 3 is 2.48 bits per heavy atom. The lowest BCUT2D eigenvalue weighted by atomic mass is 10.1. The number of nitrogens with zero attached hydrogens (tertiary/aromatic N) is 2. The first kappa shape index (κ1) is 17.4. The van der Waals surface area contributed by atoms with Gasteiger partial charge in [0, 0.05) is 12.1 Å². The highest BCUT2D eigenvalue weighted by molar-refractivity contribution is 7.92. The van der Waals surface area contributed by atoms with Crippen LogP contribution in [-0.2, 0) is 22.9 Å². The summed E-state index contributed by atoms with van der Waals surface area (Å²) < 4.78 is 27.4. The van der Waals surface area contributed by atoms with Gasteiger partial charge in [0.2, 0.25) is 10.0 Å². The predicted molar refractivity (Wildman–Crippen MR) is 102 cm³/mol. The maximum absolute atomic E-state index is 11.4. The second-order valence-electron chi connectivity index (χ2n) is 6.00. The van der Waals surface area contributed by atoms with E-state index < -0.39 is 10.0 Å². The summed E-state index contributed by atoms with van der Waals surface area (Å²) in [6.45, 7) is 2.68. The first-order valence-electron chi connectivity index (χ1n) is 8.20. The molecule has 3 N–H and O–H groups in total. The van der Waals surface area contributed by atoms with Gasteiger partial charge < -0.3 is 5.73 Å². The highest BCUT2D eigenvalue weighted by Crippen LogP contribution is 2.25. The molecular weight excluding hydrogens is 336 g/mol. The Balaban J connectivity index is 2.07. The molecule has 0 saturated carbocycles. The molecule has 0 spiro atoms. The second-order valence-corrected chi connectivity index (χ2v) is 7.75. The van der Waals surface area contributed by atoms with Crippen molar-refractivity contribution in [2.24, 2.45) is 5.73 Å². The summed E-state index contributed by atoms with van der Waals surface area (Å²) >= 11 is 0. The first-order valence-corrected chi connectivity index (χ1v) is 10.1. The zero-order chi connectivity index (χ0) is 18.0. The molecule has 0 aliphatic carbocycles. The summed E-state index contributed by atoms with van der Waals surface area (Å²) in [5, 5.41) is 0. The Kier molecular flexibility index (Phi) is 4.78. The molecule has 7 heteroatoms. The average Bonchev–Trinajstić information content (AvgIpc) is 2.92. The third-order valence-corrected chi connectivity index (χ3v) is 4.58. The number of sulfonamides is 1. The van der Waals surface area contributed by atoms with Gasteiger partial charge in [-0.05, 0) is 48.9 Å². The summed E-state index contributed by atoms with van der Waals surface area (Å²) in [5.74, 6) is 0.929. The molecule has 1 aromatic heterocycles. The smallest absolute Gasteiger partial charge is 0.229 e. The lowest BCUT2D eigenvalue weighted by Gasteiger charge is -2.10. The van der Waals surface area contributed by atoms with Crippen molar-refractivity contribution in [2.45, 2.75) is 19.8 Å². The Bertz CT molecular complexity index is 992. The number of benzene rings is 2.